The average Bonchev–Trinajstić information content (AvgIpc) is 2.55. The van der Waals surface area contributed by atoms with Crippen molar-refractivity contribution in [2.75, 3.05) is 14.2 Å². The van der Waals surface area contributed by atoms with Crippen molar-refractivity contribution in [3.63, 3.8) is 0 Å². The van der Waals surface area contributed by atoms with Crippen LogP contribution in [0.1, 0.15) is 11.3 Å². The summed E-state index contributed by atoms with van der Waals surface area (Å²) in [7, 11) is 2.70. The quantitative estimate of drug-likeness (QED) is 0.480. The second kappa shape index (κ2) is 7.40. The Morgan fingerprint density at radius 2 is 1.96 bits per heavy atom. The fourth-order valence-electron chi connectivity index (χ4n) is 1.88. The van der Waals surface area contributed by atoms with E-state index in [4.69, 9.17) is 9.47 Å². The minimum Gasteiger partial charge on any atom is -0.500 e. The maximum absolute atomic E-state index is 11.7. The van der Waals surface area contributed by atoms with Gasteiger partial charge in [0.1, 0.15) is 12.0 Å². The van der Waals surface area contributed by atoms with Crippen molar-refractivity contribution in [1.29, 1.82) is 0 Å². The highest BCUT2D eigenvalue weighted by Crippen LogP contribution is 2.26. The summed E-state index contributed by atoms with van der Waals surface area (Å²) < 4.78 is 15.2. The summed E-state index contributed by atoms with van der Waals surface area (Å²) in [5, 5.41) is 0. The third kappa shape index (κ3) is 4.06. The monoisotopic (exact) mass is 314 g/mol. The van der Waals surface area contributed by atoms with Crippen LogP contribution in [0.3, 0.4) is 0 Å². The Balaban J connectivity index is 2.37. The molecule has 1 heterocycles. The number of carbonyl (C=O) groups excluding carboxylic acids is 1. The van der Waals surface area contributed by atoms with E-state index >= 15 is 0 Å². The van der Waals surface area contributed by atoms with Gasteiger partial charge in [-0.2, -0.15) is 0 Å². The summed E-state index contributed by atoms with van der Waals surface area (Å²) in [6, 6.07) is 7.37. The van der Waals surface area contributed by atoms with Gasteiger partial charge in [0, 0.05) is 17.5 Å². The Morgan fingerprint density at radius 1 is 1.17 bits per heavy atom. The molecule has 0 amide bonds. The predicted molar refractivity (Wildman–Crippen MR) is 84.7 cm³/mol. The molecule has 6 heteroatoms. The second-order valence-corrected chi connectivity index (χ2v) is 4.81. The lowest BCUT2D eigenvalue weighted by atomic mass is 10.1. The van der Waals surface area contributed by atoms with Crippen molar-refractivity contribution < 1.29 is 19.0 Å². The van der Waals surface area contributed by atoms with E-state index in [9.17, 15) is 4.79 Å². The number of rotatable bonds is 5. The lowest BCUT2D eigenvalue weighted by Crippen LogP contribution is -2.11. The number of nitrogens with zero attached hydrogens (tertiary/aromatic N) is 2. The summed E-state index contributed by atoms with van der Waals surface area (Å²) in [5.41, 5.74) is 2.51. The minimum absolute atomic E-state index is 0.0413. The van der Waals surface area contributed by atoms with Crippen molar-refractivity contribution >= 4 is 5.97 Å². The van der Waals surface area contributed by atoms with E-state index < -0.39 is 5.97 Å². The van der Waals surface area contributed by atoms with Gasteiger partial charge in [-0.3, -0.25) is 0 Å². The first-order chi connectivity index (χ1) is 11.0. The molecule has 0 aliphatic heterocycles. The van der Waals surface area contributed by atoms with Crippen LogP contribution >= 0.6 is 0 Å². The Hall–Kier alpha value is -2.89. The third-order valence-corrected chi connectivity index (χ3v) is 3.07. The number of methoxy groups -OCH3 is 2. The third-order valence-electron chi connectivity index (χ3n) is 3.07. The number of aromatic nitrogens is 2. The molecule has 0 bridgehead atoms. The summed E-state index contributed by atoms with van der Waals surface area (Å²) in [6.07, 6.45) is 2.89. The molecular weight excluding hydrogens is 296 g/mol. The van der Waals surface area contributed by atoms with Gasteiger partial charge in [-0.05, 0) is 31.5 Å². The molecule has 0 unspecified atom stereocenters. The van der Waals surface area contributed by atoms with Gasteiger partial charge in [0.05, 0.1) is 14.2 Å². The summed E-state index contributed by atoms with van der Waals surface area (Å²) >= 11 is 0. The zero-order chi connectivity index (χ0) is 16.8. The molecule has 2 aromatic rings. The molecule has 120 valence electrons. The Kier molecular flexibility index (Phi) is 5.30. The van der Waals surface area contributed by atoms with Crippen LogP contribution in [0, 0.1) is 13.8 Å². The van der Waals surface area contributed by atoms with Gasteiger partial charge < -0.3 is 14.2 Å². The van der Waals surface area contributed by atoms with Crippen LogP contribution in [-0.2, 0) is 14.3 Å². The fraction of sp³-hybridized carbons (Fsp3) is 0.235. The fourth-order valence-corrected chi connectivity index (χ4v) is 1.88. The first-order valence-corrected chi connectivity index (χ1v) is 6.95. The topological polar surface area (TPSA) is 70.5 Å². The molecule has 0 saturated carbocycles. The van der Waals surface area contributed by atoms with Crippen molar-refractivity contribution in [3.05, 3.63) is 53.7 Å². The largest absolute Gasteiger partial charge is 0.500 e. The van der Waals surface area contributed by atoms with Crippen molar-refractivity contribution in [2.45, 2.75) is 13.8 Å². The molecule has 1 aromatic carbocycles. The van der Waals surface area contributed by atoms with Crippen LogP contribution in [0.4, 0.5) is 0 Å². The normalized spacial score (nSPS) is 11.0. The molecular formula is C17H18N2O4. The molecule has 0 aliphatic rings. The predicted octanol–water partition coefficient (Wildman–Crippen LogP) is 2.80. The molecule has 0 spiro atoms. The molecule has 0 radical (unpaired) electrons. The summed E-state index contributed by atoms with van der Waals surface area (Å²) in [6.45, 7) is 3.77. The number of benzene rings is 1. The number of esters is 1. The van der Waals surface area contributed by atoms with Gasteiger partial charge in [0.25, 0.3) is 0 Å². The number of hydrogen-bond donors (Lipinski definition) is 0. The van der Waals surface area contributed by atoms with Crippen LogP contribution in [0.2, 0.25) is 0 Å². The summed E-state index contributed by atoms with van der Waals surface area (Å²) in [5.74, 6) is 0.426. The van der Waals surface area contributed by atoms with Crippen molar-refractivity contribution in [2.24, 2.45) is 0 Å². The summed E-state index contributed by atoms with van der Waals surface area (Å²) in [4.78, 5) is 20.3. The minimum atomic E-state index is -0.622. The van der Waals surface area contributed by atoms with Gasteiger partial charge in [-0.25, -0.2) is 14.8 Å². The molecule has 2 rings (SSSR count). The van der Waals surface area contributed by atoms with Gasteiger partial charge >= 0.3 is 5.97 Å². The van der Waals surface area contributed by atoms with Crippen LogP contribution < -0.4 is 4.74 Å². The lowest BCUT2D eigenvalue weighted by Gasteiger charge is -2.11. The molecule has 23 heavy (non-hydrogen) atoms. The number of ether oxygens (including phenoxy) is 3. The Labute approximate surface area is 134 Å². The van der Waals surface area contributed by atoms with Crippen LogP contribution in [0.25, 0.3) is 11.4 Å². The SMILES string of the molecule is COC=C(Oc1cc(-c2nccc(C)n2)ccc1C)C(=O)OC. The first-order valence-electron chi connectivity index (χ1n) is 6.95. The van der Waals surface area contributed by atoms with Crippen LogP contribution in [0.15, 0.2) is 42.5 Å². The molecule has 0 fully saturated rings. The molecule has 0 atom stereocenters. The molecule has 0 saturated heterocycles. The number of hydrogen-bond acceptors (Lipinski definition) is 6. The van der Waals surface area contributed by atoms with Gasteiger partial charge in [-0.1, -0.05) is 12.1 Å². The van der Waals surface area contributed by atoms with E-state index in [2.05, 4.69) is 14.7 Å². The molecule has 1 aromatic heterocycles. The van der Waals surface area contributed by atoms with E-state index in [0.717, 1.165) is 16.8 Å². The van der Waals surface area contributed by atoms with E-state index in [-0.39, 0.29) is 5.76 Å². The van der Waals surface area contributed by atoms with Crippen molar-refractivity contribution in [3.8, 4) is 17.1 Å². The van der Waals surface area contributed by atoms with Gasteiger partial charge in [0.15, 0.2) is 5.82 Å². The Bertz CT molecular complexity index is 741. The van der Waals surface area contributed by atoms with E-state index in [1.165, 1.54) is 20.5 Å². The highest BCUT2D eigenvalue weighted by atomic mass is 16.6. The molecule has 0 N–H and O–H groups in total. The highest BCUT2D eigenvalue weighted by molar-refractivity contribution is 5.86. The average molecular weight is 314 g/mol. The maximum atomic E-state index is 11.7. The zero-order valence-electron chi connectivity index (χ0n) is 13.5. The van der Waals surface area contributed by atoms with Crippen LogP contribution in [0.5, 0.6) is 5.75 Å². The van der Waals surface area contributed by atoms with E-state index in [0.29, 0.717) is 11.6 Å². The number of aryl methyl sites for hydroxylation is 2. The zero-order valence-corrected chi connectivity index (χ0v) is 13.5. The van der Waals surface area contributed by atoms with Crippen LogP contribution in [-0.4, -0.2) is 30.2 Å². The van der Waals surface area contributed by atoms with Gasteiger partial charge in [0.2, 0.25) is 5.76 Å². The van der Waals surface area contributed by atoms with Gasteiger partial charge in [-0.15, -0.1) is 0 Å². The Morgan fingerprint density at radius 3 is 2.61 bits per heavy atom. The first kappa shape index (κ1) is 16.5. The van der Waals surface area contributed by atoms with E-state index in [1.807, 2.05) is 32.0 Å². The lowest BCUT2D eigenvalue weighted by molar-refractivity contribution is -0.138. The highest BCUT2D eigenvalue weighted by Gasteiger charge is 2.15. The molecule has 0 aliphatic carbocycles. The number of carbonyl (C=O) groups is 1. The second-order valence-electron chi connectivity index (χ2n) is 4.81. The standard InChI is InChI=1S/C17H18N2O4/c1-11-5-6-13(16-18-8-7-12(2)19-16)9-14(11)23-15(10-21-3)17(20)22-4/h5-10H,1-4H3. The maximum Gasteiger partial charge on any atom is 0.377 e. The van der Waals surface area contributed by atoms with E-state index in [1.54, 1.807) is 12.3 Å². The smallest absolute Gasteiger partial charge is 0.377 e. The van der Waals surface area contributed by atoms with Crippen molar-refractivity contribution in [1.82, 2.24) is 9.97 Å². The molecule has 6 nitrogen and oxygen atoms in total.